The molecule has 1 aliphatic carbocycles. The van der Waals surface area contributed by atoms with Crippen LogP contribution in [0.25, 0.3) is 0 Å². The van der Waals surface area contributed by atoms with E-state index in [-0.39, 0.29) is 0 Å². The van der Waals surface area contributed by atoms with Crippen molar-refractivity contribution in [3.63, 3.8) is 0 Å². The number of benzene rings is 1. The van der Waals surface area contributed by atoms with Gasteiger partial charge in [-0.3, -0.25) is 0 Å². The van der Waals surface area contributed by atoms with Gasteiger partial charge in [-0.2, -0.15) is 0 Å². The monoisotopic (exact) mass is 275 g/mol. The number of rotatable bonds is 8. The Morgan fingerprint density at radius 2 is 2.10 bits per heavy atom. The van der Waals surface area contributed by atoms with Gasteiger partial charge in [-0.1, -0.05) is 44.7 Å². The highest BCUT2D eigenvalue weighted by Crippen LogP contribution is 2.32. The van der Waals surface area contributed by atoms with Gasteiger partial charge >= 0.3 is 0 Å². The summed E-state index contributed by atoms with van der Waals surface area (Å²) in [6.45, 7) is 3.32. The zero-order chi connectivity index (χ0) is 14.2. The molecule has 1 N–H and O–H groups in total. The van der Waals surface area contributed by atoms with Gasteiger partial charge < -0.3 is 10.1 Å². The molecule has 1 unspecified atom stereocenters. The minimum absolute atomic E-state index is 0.477. The van der Waals surface area contributed by atoms with Gasteiger partial charge in [0.2, 0.25) is 0 Å². The molecule has 1 atom stereocenters. The van der Waals surface area contributed by atoms with E-state index >= 15 is 0 Å². The van der Waals surface area contributed by atoms with E-state index in [1.165, 1.54) is 50.5 Å². The van der Waals surface area contributed by atoms with Gasteiger partial charge in [-0.15, -0.1) is 0 Å². The molecule has 1 aromatic rings. The van der Waals surface area contributed by atoms with Crippen LogP contribution >= 0.6 is 0 Å². The molecule has 0 radical (unpaired) electrons. The summed E-state index contributed by atoms with van der Waals surface area (Å²) in [4.78, 5) is 0. The molecule has 0 aliphatic heterocycles. The topological polar surface area (TPSA) is 21.3 Å². The average molecular weight is 275 g/mol. The van der Waals surface area contributed by atoms with Crippen molar-refractivity contribution in [1.29, 1.82) is 0 Å². The molecular weight excluding hydrogens is 246 g/mol. The van der Waals surface area contributed by atoms with Gasteiger partial charge in [0.25, 0.3) is 0 Å². The second-order valence-electron chi connectivity index (χ2n) is 6.01. The van der Waals surface area contributed by atoms with E-state index in [1.54, 1.807) is 7.11 Å². The summed E-state index contributed by atoms with van der Waals surface area (Å²) in [6.07, 6.45) is 9.56. The first-order valence-electron chi connectivity index (χ1n) is 8.20. The predicted molar refractivity (Wildman–Crippen MR) is 85.2 cm³/mol. The van der Waals surface area contributed by atoms with Crippen LogP contribution in [0.2, 0.25) is 0 Å². The molecule has 0 aromatic heterocycles. The summed E-state index contributed by atoms with van der Waals surface area (Å²) < 4.78 is 5.36. The smallest absolute Gasteiger partial charge is 0.119 e. The minimum Gasteiger partial charge on any atom is -0.497 e. The van der Waals surface area contributed by atoms with Crippen LogP contribution in [-0.2, 0) is 0 Å². The number of ether oxygens (including phenoxy) is 1. The van der Waals surface area contributed by atoms with Gasteiger partial charge in [-0.25, -0.2) is 0 Å². The Balaban J connectivity index is 1.97. The number of nitrogens with one attached hydrogen (secondary N) is 1. The van der Waals surface area contributed by atoms with Crippen LogP contribution in [0.5, 0.6) is 5.75 Å². The van der Waals surface area contributed by atoms with Crippen molar-refractivity contribution in [3.05, 3.63) is 29.8 Å². The molecule has 20 heavy (non-hydrogen) atoms. The van der Waals surface area contributed by atoms with Crippen molar-refractivity contribution >= 4 is 0 Å². The van der Waals surface area contributed by atoms with Crippen molar-refractivity contribution in [1.82, 2.24) is 5.32 Å². The molecule has 1 aromatic carbocycles. The maximum Gasteiger partial charge on any atom is 0.119 e. The predicted octanol–water partition coefficient (Wildman–Crippen LogP) is 4.71. The van der Waals surface area contributed by atoms with Crippen LogP contribution in [-0.4, -0.2) is 13.7 Å². The molecular formula is C18H29NO. The highest BCUT2D eigenvalue weighted by molar-refractivity contribution is 5.30. The summed E-state index contributed by atoms with van der Waals surface area (Å²) in [5, 5.41) is 3.71. The summed E-state index contributed by atoms with van der Waals surface area (Å²) in [7, 11) is 1.74. The fourth-order valence-corrected chi connectivity index (χ4v) is 3.26. The Labute approximate surface area is 123 Å². The lowest BCUT2D eigenvalue weighted by molar-refractivity contribution is 0.402. The first kappa shape index (κ1) is 15.4. The lowest BCUT2D eigenvalue weighted by Crippen LogP contribution is -2.22. The molecule has 0 spiro atoms. The maximum absolute atomic E-state index is 5.36. The van der Waals surface area contributed by atoms with Gasteiger partial charge in [0, 0.05) is 6.04 Å². The molecule has 1 fully saturated rings. The van der Waals surface area contributed by atoms with Crippen molar-refractivity contribution in [2.75, 3.05) is 13.7 Å². The van der Waals surface area contributed by atoms with Crippen molar-refractivity contribution in [2.45, 2.75) is 57.9 Å². The Kier molecular flexibility index (Phi) is 6.38. The maximum atomic E-state index is 5.36. The molecule has 2 rings (SSSR count). The minimum atomic E-state index is 0.477. The van der Waals surface area contributed by atoms with Gasteiger partial charge in [0.05, 0.1) is 7.11 Å². The first-order valence-corrected chi connectivity index (χ1v) is 8.20. The van der Waals surface area contributed by atoms with Crippen LogP contribution in [0.1, 0.15) is 63.5 Å². The van der Waals surface area contributed by atoms with Gasteiger partial charge in [-0.05, 0) is 49.4 Å². The van der Waals surface area contributed by atoms with Crippen molar-refractivity contribution in [3.8, 4) is 5.75 Å². The van der Waals surface area contributed by atoms with Gasteiger partial charge in [0.1, 0.15) is 5.75 Å². The van der Waals surface area contributed by atoms with E-state index in [9.17, 15) is 0 Å². The molecule has 1 saturated carbocycles. The highest BCUT2D eigenvalue weighted by Gasteiger charge is 2.18. The highest BCUT2D eigenvalue weighted by atomic mass is 16.5. The van der Waals surface area contributed by atoms with E-state index in [2.05, 4.69) is 30.4 Å². The van der Waals surface area contributed by atoms with E-state index in [0.717, 1.165) is 18.2 Å². The van der Waals surface area contributed by atoms with E-state index in [0.29, 0.717) is 6.04 Å². The Morgan fingerprint density at radius 3 is 2.80 bits per heavy atom. The van der Waals surface area contributed by atoms with Crippen LogP contribution in [0.15, 0.2) is 24.3 Å². The Bertz CT molecular complexity index is 385. The molecule has 2 nitrogen and oxygen atoms in total. The molecule has 0 heterocycles. The molecule has 0 saturated heterocycles. The van der Waals surface area contributed by atoms with Crippen LogP contribution in [0, 0.1) is 5.92 Å². The van der Waals surface area contributed by atoms with E-state index in [4.69, 9.17) is 4.74 Å². The Hall–Kier alpha value is -1.02. The third-order valence-electron chi connectivity index (χ3n) is 4.48. The van der Waals surface area contributed by atoms with E-state index in [1.807, 2.05) is 6.07 Å². The molecule has 0 amide bonds. The van der Waals surface area contributed by atoms with Crippen molar-refractivity contribution in [2.24, 2.45) is 5.92 Å². The second-order valence-corrected chi connectivity index (χ2v) is 6.01. The van der Waals surface area contributed by atoms with Crippen LogP contribution in [0.3, 0.4) is 0 Å². The van der Waals surface area contributed by atoms with E-state index < -0.39 is 0 Å². The molecule has 112 valence electrons. The second kappa shape index (κ2) is 8.31. The number of hydrogen-bond acceptors (Lipinski definition) is 2. The fourth-order valence-electron chi connectivity index (χ4n) is 3.26. The first-order chi connectivity index (χ1) is 9.83. The summed E-state index contributed by atoms with van der Waals surface area (Å²) >= 11 is 0. The largest absolute Gasteiger partial charge is 0.497 e. The zero-order valence-corrected chi connectivity index (χ0v) is 13.0. The third-order valence-corrected chi connectivity index (χ3v) is 4.48. The number of methoxy groups -OCH3 is 1. The van der Waals surface area contributed by atoms with Gasteiger partial charge in [0.15, 0.2) is 0 Å². The lowest BCUT2D eigenvalue weighted by atomic mass is 9.94. The van der Waals surface area contributed by atoms with Crippen molar-refractivity contribution < 1.29 is 4.74 Å². The molecule has 1 aliphatic rings. The van der Waals surface area contributed by atoms with Crippen LogP contribution < -0.4 is 10.1 Å². The molecule has 0 bridgehead atoms. The summed E-state index contributed by atoms with van der Waals surface area (Å²) in [5.74, 6) is 1.93. The lowest BCUT2D eigenvalue weighted by Gasteiger charge is -2.21. The quantitative estimate of drug-likeness (QED) is 0.742. The molecule has 2 heteroatoms. The standard InChI is InChI=1S/C18H29NO/c1-3-13-19-18(12-11-15-7-4-5-8-15)16-9-6-10-17(14-16)20-2/h6,9-10,14-15,18-19H,3-5,7-8,11-13H2,1-2H3. The summed E-state index contributed by atoms with van der Waals surface area (Å²) in [5.41, 5.74) is 1.37. The Morgan fingerprint density at radius 1 is 1.30 bits per heavy atom. The zero-order valence-electron chi connectivity index (χ0n) is 13.0. The number of hydrogen-bond donors (Lipinski definition) is 1. The fraction of sp³-hybridized carbons (Fsp3) is 0.667. The SMILES string of the molecule is CCCNC(CCC1CCCC1)c1cccc(OC)c1. The normalized spacial score (nSPS) is 17.3. The average Bonchev–Trinajstić information content (AvgIpc) is 3.01. The summed E-state index contributed by atoms with van der Waals surface area (Å²) in [6, 6.07) is 9.01. The van der Waals surface area contributed by atoms with Crippen LogP contribution in [0.4, 0.5) is 0 Å². The third kappa shape index (κ3) is 4.52.